The number of nitrogens with one attached hydrogen (secondary N) is 1. The van der Waals surface area contributed by atoms with Crippen LogP contribution in [0.3, 0.4) is 0 Å². The van der Waals surface area contributed by atoms with Crippen molar-refractivity contribution >= 4 is 24.0 Å². The van der Waals surface area contributed by atoms with Gasteiger partial charge in [-0.25, -0.2) is 9.36 Å². The summed E-state index contributed by atoms with van der Waals surface area (Å²) in [5.74, 6) is -0.0857. The average molecular weight is 774 g/mol. The molecule has 0 saturated heterocycles. The summed E-state index contributed by atoms with van der Waals surface area (Å²) in [5.41, 5.74) is 25.5. The maximum Gasteiger partial charge on any atom is 0.446 e. The van der Waals surface area contributed by atoms with E-state index in [2.05, 4.69) is 62.4 Å². The molecule has 6 rings (SSSR count). The van der Waals surface area contributed by atoms with Gasteiger partial charge < -0.3 is 16.8 Å². The predicted molar refractivity (Wildman–Crippen MR) is 227 cm³/mol. The Morgan fingerprint density at radius 1 is 0.732 bits per heavy atom. The van der Waals surface area contributed by atoms with Crippen molar-refractivity contribution in [3.8, 4) is 39.3 Å². The van der Waals surface area contributed by atoms with Crippen molar-refractivity contribution in [3.63, 3.8) is 0 Å². The molecule has 0 spiro atoms. The molecule has 0 saturated carbocycles. The summed E-state index contributed by atoms with van der Waals surface area (Å²) in [6.45, 7) is 16.9. The Bertz CT molecular complexity index is 2410. The Morgan fingerprint density at radius 2 is 1.25 bits per heavy atom. The standard InChI is InChI=1S/C45H51N7O3.ClH/c1-25(2)20-37-35(23-46)39(31-16-12-27(5)13-17-31)41(29(7)48-37)50-44(53)34-11-9-10-33(22-34)43-51-55-45(54)52(43)42-30(8)49-38(21-26(3)4)36(24-47)40(42)32-18-14-28(6)15-19-32;/h9-19,22,25-26H,20-21,23-24,46-47H2,1-8H3,(H,50,53);1H. The second-order valence-corrected chi connectivity index (χ2v) is 15.2. The molecule has 0 aliphatic heterocycles. The highest BCUT2D eigenvalue weighted by molar-refractivity contribution is 6.07. The molecule has 1 amide bonds. The van der Waals surface area contributed by atoms with E-state index in [1.54, 1.807) is 24.3 Å². The number of amides is 1. The van der Waals surface area contributed by atoms with Crippen LogP contribution in [-0.2, 0) is 25.9 Å². The van der Waals surface area contributed by atoms with Crippen molar-refractivity contribution in [1.82, 2.24) is 19.7 Å². The minimum atomic E-state index is -0.678. The normalized spacial score (nSPS) is 11.3. The molecule has 5 N–H and O–H groups in total. The molecule has 0 radical (unpaired) electrons. The van der Waals surface area contributed by atoms with Gasteiger partial charge in [-0.1, -0.05) is 105 Å². The lowest BCUT2D eigenvalue weighted by Gasteiger charge is -2.22. The Morgan fingerprint density at radius 3 is 1.79 bits per heavy atom. The van der Waals surface area contributed by atoms with Gasteiger partial charge in [-0.2, -0.15) is 0 Å². The molecule has 0 fully saturated rings. The summed E-state index contributed by atoms with van der Waals surface area (Å²) in [6, 6.07) is 23.3. The molecule has 6 aromatic rings. The van der Waals surface area contributed by atoms with Gasteiger partial charge in [-0.15, -0.1) is 12.4 Å². The molecule has 0 aliphatic rings. The van der Waals surface area contributed by atoms with Gasteiger partial charge in [0.2, 0.25) is 0 Å². The number of halogens is 1. The molecule has 10 nitrogen and oxygen atoms in total. The first kappa shape index (κ1) is 41.7. The van der Waals surface area contributed by atoms with Gasteiger partial charge >= 0.3 is 5.76 Å². The van der Waals surface area contributed by atoms with Crippen molar-refractivity contribution in [2.24, 2.45) is 23.3 Å². The summed E-state index contributed by atoms with van der Waals surface area (Å²) in [4.78, 5) is 37.9. The first-order chi connectivity index (χ1) is 26.3. The second kappa shape index (κ2) is 17.6. The lowest BCUT2D eigenvalue weighted by molar-refractivity contribution is 0.102. The Balaban J connectivity index is 0.00000600. The lowest BCUT2D eigenvalue weighted by Crippen LogP contribution is -2.20. The number of benzene rings is 3. The van der Waals surface area contributed by atoms with Gasteiger partial charge in [0, 0.05) is 46.7 Å². The van der Waals surface area contributed by atoms with E-state index in [4.69, 9.17) is 26.0 Å². The van der Waals surface area contributed by atoms with Crippen molar-refractivity contribution in [2.75, 3.05) is 5.32 Å². The molecule has 292 valence electrons. The molecular weight excluding hydrogens is 722 g/mol. The first-order valence-electron chi connectivity index (χ1n) is 18.9. The zero-order chi connectivity index (χ0) is 39.6. The molecule has 0 bridgehead atoms. The summed E-state index contributed by atoms with van der Waals surface area (Å²) in [7, 11) is 0. The number of hydrogen-bond acceptors (Lipinski definition) is 8. The van der Waals surface area contributed by atoms with Crippen molar-refractivity contribution in [3.05, 3.63) is 134 Å². The monoisotopic (exact) mass is 773 g/mol. The number of nitrogens with zero attached hydrogens (tertiary/aromatic N) is 4. The topological polar surface area (TPSA) is 155 Å². The van der Waals surface area contributed by atoms with E-state index >= 15 is 0 Å². The molecule has 0 atom stereocenters. The lowest BCUT2D eigenvalue weighted by atomic mass is 9.92. The van der Waals surface area contributed by atoms with Gasteiger partial charge in [-0.05, 0) is 86.8 Å². The van der Waals surface area contributed by atoms with E-state index in [0.29, 0.717) is 45.7 Å². The van der Waals surface area contributed by atoms with Crippen LogP contribution in [0.25, 0.3) is 39.3 Å². The number of rotatable bonds is 12. The van der Waals surface area contributed by atoms with Crippen LogP contribution in [0.5, 0.6) is 0 Å². The molecule has 0 aliphatic carbocycles. The maximum absolute atomic E-state index is 14.2. The number of hydrogen-bond donors (Lipinski definition) is 3. The summed E-state index contributed by atoms with van der Waals surface area (Å²) in [5, 5.41) is 7.44. The SMILES string of the molecule is Cc1ccc(-c2c(CN)c(CC(C)C)nc(C)c2NC(=O)c2cccc(-c3noc(=O)n3-c3c(C)nc(CC(C)C)c(CN)c3-c3ccc(C)cc3)c2)cc1.Cl. The number of carbonyl (C=O) groups is 1. The minimum Gasteiger partial charge on any atom is -0.326 e. The van der Waals surface area contributed by atoms with Gasteiger partial charge in [-0.3, -0.25) is 19.3 Å². The maximum atomic E-state index is 14.2. The van der Waals surface area contributed by atoms with Crippen molar-refractivity contribution in [2.45, 2.75) is 81.3 Å². The number of anilines is 1. The Hall–Kier alpha value is -5.42. The molecule has 3 heterocycles. The van der Waals surface area contributed by atoms with Crippen LogP contribution in [-0.4, -0.2) is 25.6 Å². The summed E-state index contributed by atoms with van der Waals surface area (Å²) in [6.07, 6.45) is 1.48. The number of nitrogens with two attached hydrogens (primary N) is 2. The van der Waals surface area contributed by atoms with E-state index in [0.717, 1.165) is 68.7 Å². The molecule has 3 aromatic carbocycles. The highest BCUT2D eigenvalue weighted by Crippen LogP contribution is 2.38. The van der Waals surface area contributed by atoms with Crippen LogP contribution < -0.4 is 22.5 Å². The van der Waals surface area contributed by atoms with E-state index in [1.807, 2.05) is 52.0 Å². The smallest absolute Gasteiger partial charge is 0.326 e. The largest absolute Gasteiger partial charge is 0.446 e. The van der Waals surface area contributed by atoms with Crippen LogP contribution in [0.2, 0.25) is 0 Å². The fourth-order valence-corrected chi connectivity index (χ4v) is 7.25. The summed E-state index contributed by atoms with van der Waals surface area (Å²) < 4.78 is 6.81. The molecule has 0 unspecified atom stereocenters. The fraction of sp³-hybridized carbons (Fsp3) is 0.311. The van der Waals surface area contributed by atoms with E-state index in [1.165, 1.54) is 4.57 Å². The Kier molecular flexibility index (Phi) is 13.1. The predicted octanol–water partition coefficient (Wildman–Crippen LogP) is 8.84. The van der Waals surface area contributed by atoms with Crippen LogP contribution in [0.4, 0.5) is 5.69 Å². The third-order valence-corrected chi connectivity index (χ3v) is 9.84. The molecule has 3 aromatic heterocycles. The minimum absolute atomic E-state index is 0. The average Bonchev–Trinajstić information content (AvgIpc) is 3.53. The zero-order valence-corrected chi connectivity index (χ0v) is 34.3. The zero-order valence-electron chi connectivity index (χ0n) is 33.5. The molecular formula is C45H52ClN7O3. The van der Waals surface area contributed by atoms with Crippen LogP contribution >= 0.6 is 12.4 Å². The van der Waals surface area contributed by atoms with Gasteiger partial charge in [0.25, 0.3) is 5.91 Å². The van der Waals surface area contributed by atoms with E-state index in [-0.39, 0.29) is 37.2 Å². The first-order valence-corrected chi connectivity index (χ1v) is 18.9. The highest BCUT2D eigenvalue weighted by Gasteiger charge is 2.27. The second-order valence-electron chi connectivity index (χ2n) is 15.2. The van der Waals surface area contributed by atoms with E-state index in [9.17, 15) is 9.59 Å². The quantitative estimate of drug-likeness (QED) is 0.111. The Labute approximate surface area is 335 Å². The van der Waals surface area contributed by atoms with Gasteiger partial charge in [0.05, 0.1) is 22.8 Å². The molecule has 11 heteroatoms. The van der Waals surface area contributed by atoms with Crippen molar-refractivity contribution in [1.29, 1.82) is 0 Å². The third kappa shape index (κ3) is 8.53. The summed E-state index contributed by atoms with van der Waals surface area (Å²) >= 11 is 0. The van der Waals surface area contributed by atoms with Crippen LogP contribution in [0, 0.1) is 39.5 Å². The van der Waals surface area contributed by atoms with Gasteiger partial charge in [0.15, 0.2) is 5.82 Å². The number of carbonyl (C=O) groups excluding carboxylic acids is 1. The fourth-order valence-electron chi connectivity index (χ4n) is 7.25. The third-order valence-electron chi connectivity index (χ3n) is 9.84. The molecule has 56 heavy (non-hydrogen) atoms. The number of aromatic nitrogens is 4. The van der Waals surface area contributed by atoms with E-state index < -0.39 is 5.76 Å². The number of pyridine rings is 2. The highest BCUT2D eigenvalue weighted by atomic mass is 35.5. The number of aryl methyl sites for hydroxylation is 4. The van der Waals surface area contributed by atoms with Crippen molar-refractivity contribution < 1.29 is 9.32 Å². The van der Waals surface area contributed by atoms with Crippen LogP contribution in [0.15, 0.2) is 82.1 Å². The van der Waals surface area contributed by atoms with Gasteiger partial charge in [0.1, 0.15) is 0 Å². The van der Waals surface area contributed by atoms with Crippen LogP contribution in [0.1, 0.15) is 83.1 Å².